The summed E-state index contributed by atoms with van der Waals surface area (Å²) >= 11 is 0. The Morgan fingerprint density at radius 3 is 2.76 bits per heavy atom. The number of methoxy groups -OCH3 is 1. The highest BCUT2D eigenvalue weighted by atomic mass is 16.5. The fourth-order valence-corrected chi connectivity index (χ4v) is 1.60. The minimum absolute atomic E-state index is 0.211. The average Bonchev–Trinajstić information content (AvgIpc) is 2.36. The van der Waals surface area contributed by atoms with Crippen LogP contribution in [0, 0.1) is 0 Å². The van der Waals surface area contributed by atoms with Crippen molar-refractivity contribution in [2.45, 2.75) is 25.8 Å². The molecule has 0 saturated heterocycles. The van der Waals surface area contributed by atoms with Crippen LogP contribution in [0.2, 0.25) is 0 Å². The minimum Gasteiger partial charge on any atom is -0.494 e. The largest absolute Gasteiger partial charge is 0.494 e. The molecule has 0 aliphatic carbocycles. The van der Waals surface area contributed by atoms with E-state index in [1.165, 1.54) is 7.11 Å². The zero-order chi connectivity index (χ0) is 12.7. The van der Waals surface area contributed by atoms with Crippen LogP contribution in [-0.4, -0.2) is 19.7 Å². The topological polar surface area (TPSA) is 61.5 Å². The van der Waals surface area contributed by atoms with E-state index in [1.54, 1.807) is 0 Å². The molecule has 1 aromatic carbocycles. The number of rotatable bonds is 6. The third kappa shape index (κ3) is 4.07. The number of hydrogen-bond acceptors (Lipinski definition) is 4. The van der Waals surface area contributed by atoms with E-state index in [0.717, 1.165) is 11.3 Å². The molecule has 94 valence electrons. The monoisotopic (exact) mass is 237 g/mol. The van der Waals surface area contributed by atoms with Crippen LogP contribution in [0.1, 0.15) is 31.4 Å². The maximum absolute atomic E-state index is 11.0. The van der Waals surface area contributed by atoms with Gasteiger partial charge in [0.25, 0.3) is 0 Å². The predicted molar refractivity (Wildman–Crippen MR) is 65.8 cm³/mol. The molecule has 0 aliphatic heterocycles. The fraction of sp³-hybridized carbons (Fsp3) is 0.462. The first-order chi connectivity index (χ1) is 8.19. The number of carbonyl (C=O) groups is 1. The number of nitrogens with two attached hydrogens (primary N) is 1. The van der Waals surface area contributed by atoms with Gasteiger partial charge in [-0.1, -0.05) is 18.2 Å². The zero-order valence-electron chi connectivity index (χ0n) is 10.3. The normalized spacial score (nSPS) is 11.9. The first kappa shape index (κ1) is 13.5. The first-order valence-electron chi connectivity index (χ1n) is 5.73. The Kier molecular flexibility index (Phi) is 5.49. The molecule has 0 heterocycles. The fourth-order valence-electron chi connectivity index (χ4n) is 1.60. The van der Waals surface area contributed by atoms with Crippen molar-refractivity contribution in [2.24, 2.45) is 5.73 Å². The van der Waals surface area contributed by atoms with Gasteiger partial charge in [-0.3, -0.25) is 4.79 Å². The van der Waals surface area contributed by atoms with Gasteiger partial charge in [0, 0.05) is 18.0 Å². The van der Waals surface area contributed by atoms with Crippen molar-refractivity contribution in [1.29, 1.82) is 0 Å². The Morgan fingerprint density at radius 1 is 1.41 bits per heavy atom. The Labute approximate surface area is 102 Å². The molecule has 0 saturated carbocycles. The molecule has 4 heteroatoms. The summed E-state index contributed by atoms with van der Waals surface area (Å²) in [5.41, 5.74) is 6.97. The molecule has 0 amide bonds. The molecule has 0 radical (unpaired) electrons. The molecule has 1 unspecified atom stereocenters. The van der Waals surface area contributed by atoms with Crippen molar-refractivity contribution in [3.8, 4) is 5.75 Å². The van der Waals surface area contributed by atoms with Gasteiger partial charge >= 0.3 is 5.97 Å². The van der Waals surface area contributed by atoms with Gasteiger partial charge in [-0.05, 0) is 19.4 Å². The summed E-state index contributed by atoms with van der Waals surface area (Å²) in [6, 6.07) is 7.41. The van der Waals surface area contributed by atoms with Crippen molar-refractivity contribution in [3.63, 3.8) is 0 Å². The Hall–Kier alpha value is -1.55. The quantitative estimate of drug-likeness (QED) is 0.769. The molecule has 0 spiro atoms. The van der Waals surface area contributed by atoms with Gasteiger partial charge < -0.3 is 15.2 Å². The van der Waals surface area contributed by atoms with Crippen LogP contribution in [0.15, 0.2) is 24.3 Å². The summed E-state index contributed by atoms with van der Waals surface area (Å²) in [5.74, 6) is 0.543. The van der Waals surface area contributed by atoms with Crippen LogP contribution in [0.5, 0.6) is 5.75 Å². The SMILES string of the molecule is CCOc1ccccc1C(N)CCC(=O)OC. The lowest BCUT2D eigenvalue weighted by Gasteiger charge is -2.15. The van der Waals surface area contributed by atoms with Gasteiger partial charge in [0.05, 0.1) is 13.7 Å². The second kappa shape index (κ2) is 6.91. The van der Waals surface area contributed by atoms with Crippen LogP contribution < -0.4 is 10.5 Å². The van der Waals surface area contributed by atoms with E-state index in [2.05, 4.69) is 4.74 Å². The molecule has 4 nitrogen and oxygen atoms in total. The maximum Gasteiger partial charge on any atom is 0.305 e. The third-order valence-corrected chi connectivity index (χ3v) is 2.51. The molecule has 0 fully saturated rings. The molecule has 17 heavy (non-hydrogen) atoms. The van der Waals surface area contributed by atoms with Crippen LogP contribution in [-0.2, 0) is 9.53 Å². The second-order valence-electron chi connectivity index (χ2n) is 3.69. The van der Waals surface area contributed by atoms with Crippen molar-refractivity contribution in [3.05, 3.63) is 29.8 Å². The Morgan fingerprint density at radius 2 is 2.12 bits per heavy atom. The van der Waals surface area contributed by atoms with Crippen LogP contribution in [0.25, 0.3) is 0 Å². The average molecular weight is 237 g/mol. The highest BCUT2D eigenvalue weighted by molar-refractivity contribution is 5.69. The van der Waals surface area contributed by atoms with Crippen molar-refractivity contribution >= 4 is 5.97 Å². The van der Waals surface area contributed by atoms with E-state index in [-0.39, 0.29) is 12.0 Å². The summed E-state index contributed by atoms with van der Waals surface area (Å²) in [5, 5.41) is 0. The highest BCUT2D eigenvalue weighted by Crippen LogP contribution is 2.26. The minimum atomic E-state index is -0.241. The van der Waals surface area contributed by atoms with Gasteiger partial charge in [0.15, 0.2) is 0 Å². The third-order valence-electron chi connectivity index (χ3n) is 2.51. The van der Waals surface area contributed by atoms with Crippen LogP contribution >= 0.6 is 0 Å². The number of carbonyl (C=O) groups excluding carboxylic acids is 1. The molecule has 1 aromatic rings. The summed E-state index contributed by atoms with van der Waals surface area (Å²) < 4.78 is 10.1. The molecule has 0 bridgehead atoms. The van der Waals surface area contributed by atoms with Gasteiger partial charge in [-0.2, -0.15) is 0 Å². The molecule has 0 aromatic heterocycles. The van der Waals surface area contributed by atoms with E-state index in [4.69, 9.17) is 10.5 Å². The van der Waals surface area contributed by atoms with Gasteiger partial charge in [0.2, 0.25) is 0 Å². The van der Waals surface area contributed by atoms with E-state index >= 15 is 0 Å². The maximum atomic E-state index is 11.0. The molecule has 1 rings (SSSR count). The Balaban J connectivity index is 2.67. The number of benzene rings is 1. The molecular formula is C13H19NO3. The lowest BCUT2D eigenvalue weighted by atomic mass is 10.0. The number of hydrogen-bond donors (Lipinski definition) is 1. The molecule has 0 aliphatic rings. The second-order valence-corrected chi connectivity index (χ2v) is 3.69. The summed E-state index contributed by atoms with van der Waals surface area (Å²) in [6.45, 7) is 2.53. The van der Waals surface area contributed by atoms with Crippen molar-refractivity contribution in [1.82, 2.24) is 0 Å². The van der Waals surface area contributed by atoms with E-state index in [9.17, 15) is 4.79 Å². The number of ether oxygens (including phenoxy) is 2. The standard InChI is InChI=1S/C13H19NO3/c1-3-17-12-7-5-4-6-10(12)11(14)8-9-13(15)16-2/h4-7,11H,3,8-9,14H2,1-2H3. The van der Waals surface area contributed by atoms with Gasteiger partial charge in [0.1, 0.15) is 5.75 Å². The van der Waals surface area contributed by atoms with E-state index in [1.807, 2.05) is 31.2 Å². The zero-order valence-corrected chi connectivity index (χ0v) is 10.3. The van der Waals surface area contributed by atoms with Gasteiger partial charge in [-0.15, -0.1) is 0 Å². The highest BCUT2D eigenvalue weighted by Gasteiger charge is 2.13. The van der Waals surface area contributed by atoms with Crippen molar-refractivity contribution in [2.75, 3.05) is 13.7 Å². The lowest BCUT2D eigenvalue weighted by Crippen LogP contribution is -2.14. The summed E-state index contributed by atoms with van der Waals surface area (Å²) in [7, 11) is 1.38. The van der Waals surface area contributed by atoms with Crippen LogP contribution in [0.4, 0.5) is 0 Å². The Bertz CT molecular complexity index is 365. The smallest absolute Gasteiger partial charge is 0.305 e. The lowest BCUT2D eigenvalue weighted by molar-refractivity contribution is -0.140. The summed E-state index contributed by atoms with van der Waals surface area (Å²) in [4.78, 5) is 11.0. The molecule has 1 atom stereocenters. The molecular weight excluding hydrogens is 218 g/mol. The number of esters is 1. The van der Waals surface area contributed by atoms with E-state index in [0.29, 0.717) is 19.4 Å². The van der Waals surface area contributed by atoms with Crippen LogP contribution in [0.3, 0.4) is 0 Å². The first-order valence-corrected chi connectivity index (χ1v) is 5.73. The number of para-hydroxylation sites is 1. The van der Waals surface area contributed by atoms with E-state index < -0.39 is 0 Å². The summed E-state index contributed by atoms with van der Waals surface area (Å²) in [6.07, 6.45) is 0.870. The van der Waals surface area contributed by atoms with Gasteiger partial charge in [-0.25, -0.2) is 0 Å². The van der Waals surface area contributed by atoms with Crippen molar-refractivity contribution < 1.29 is 14.3 Å². The molecule has 2 N–H and O–H groups in total. The predicted octanol–water partition coefficient (Wildman–Crippen LogP) is 2.04.